The molecule has 0 radical (unpaired) electrons. The average Bonchev–Trinajstić information content (AvgIpc) is 2.26. The van der Waals surface area contributed by atoms with Crippen LogP contribution in [0.4, 0.5) is 0 Å². The fourth-order valence-electron chi connectivity index (χ4n) is 1.38. The third-order valence-corrected chi connectivity index (χ3v) is 4.27. The number of hydrogen-bond acceptors (Lipinski definition) is 2. The summed E-state index contributed by atoms with van der Waals surface area (Å²) in [6.07, 6.45) is 0.855. The van der Waals surface area contributed by atoms with Gasteiger partial charge in [0.25, 0.3) is 0 Å². The number of Topliss-reactive ketones (excluding diaryl/α,β-unsaturated/α-hetero) is 1. The average molecular weight is 307 g/mol. The Bertz CT molecular complexity index is 458. The Balaban J connectivity index is 2.62. The maximum atomic E-state index is 11.9. The van der Waals surface area contributed by atoms with Gasteiger partial charge in [-0.15, -0.1) is 0 Å². The first-order valence-electron chi connectivity index (χ1n) is 5.73. The molecule has 0 aliphatic carbocycles. The van der Waals surface area contributed by atoms with Crippen LogP contribution < -0.4 is 0 Å². The molecule has 0 spiro atoms. The number of rotatable bonds is 6. The molecule has 1 aromatic rings. The van der Waals surface area contributed by atoms with Crippen LogP contribution in [0.15, 0.2) is 18.2 Å². The van der Waals surface area contributed by atoms with Crippen molar-refractivity contribution < 1.29 is 9.00 Å². The minimum absolute atomic E-state index is 0.0219. The molecule has 1 rings (SSSR count). The first-order chi connectivity index (χ1) is 8.40. The van der Waals surface area contributed by atoms with Gasteiger partial charge in [0.2, 0.25) is 0 Å². The zero-order valence-electron chi connectivity index (χ0n) is 10.4. The molecule has 0 N–H and O–H groups in total. The van der Waals surface area contributed by atoms with Gasteiger partial charge in [-0.05, 0) is 30.5 Å². The molecule has 0 saturated carbocycles. The van der Waals surface area contributed by atoms with Crippen LogP contribution in [0.2, 0.25) is 10.0 Å². The van der Waals surface area contributed by atoms with Crippen LogP contribution in [0.1, 0.15) is 30.6 Å². The minimum atomic E-state index is -1.13. The van der Waals surface area contributed by atoms with Crippen LogP contribution in [0.3, 0.4) is 0 Å². The first kappa shape index (κ1) is 15.7. The summed E-state index contributed by atoms with van der Waals surface area (Å²) in [5.74, 6) is 0.866. The molecule has 1 aromatic carbocycles. The van der Waals surface area contributed by atoms with Crippen molar-refractivity contribution in [3.8, 4) is 0 Å². The second-order valence-corrected chi connectivity index (χ2v) is 6.94. The molecule has 0 fully saturated rings. The number of halogens is 2. The lowest BCUT2D eigenvalue weighted by molar-refractivity contribution is 0.102. The monoisotopic (exact) mass is 306 g/mol. The summed E-state index contributed by atoms with van der Waals surface area (Å²) in [5, 5.41) is 0.797. The van der Waals surface area contributed by atoms with Gasteiger partial charge in [-0.1, -0.05) is 37.0 Å². The second kappa shape index (κ2) is 7.27. The summed E-state index contributed by atoms with van der Waals surface area (Å²) in [5.41, 5.74) is 0.388. The molecule has 1 atom stereocenters. The van der Waals surface area contributed by atoms with Crippen molar-refractivity contribution in [3.05, 3.63) is 33.8 Å². The van der Waals surface area contributed by atoms with Gasteiger partial charge >= 0.3 is 0 Å². The highest BCUT2D eigenvalue weighted by Crippen LogP contribution is 2.21. The molecule has 100 valence electrons. The number of ketones is 1. The van der Waals surface area contributed by atoms with E-state index in [2.05, 4.69) is 13.8 Å². The van der Waals surface area contributed by atoms with Crippen LogP contribution in [-0.4, -0.2) is 21.5 Å². The lowest BCUT2D eigenvalue weighted by Crippen LogP contribution is -2.14. The fraction of sp³-hybridized carbons (Fsp3) is 0.462. The summed E-state index contributed by atoms with van der Waals surface area (Å²) in [7, 11) is -1.13. The smallest absolute Gasteiger partial charge is 0.176 e. The maximum absolute atomic E-state index is 11.9. The van der Waals surface area contributed by atoms with E-state index in [-0.39, 0.29) is 11.5 Å². The van der Waals surface area contributed by atoms with Crippen LogP contribution in [-0.2, 0) is 10.8 Å². The van der Waals surface area contributed by atoms with Crippen LogP contribution in [0, 0.1) is 5.92 Å². The van der Waals surface area contributed by atoms with Gasteiger partial charge in [-0.2, -0.15) is 0 Å². The first-order valence-corrected chi connectivity index (χ1v) is 7.97. The molecule has 5 heteroatoms. The zero-order chi connectivity index (χ0) is 13.7. The summed E-state index contributed by atoms with van der Waals surface area (Å²) in [4.78, 5) is 11.9. The Morgan fingerprint density at radius 2 is 2.00 bits per heavy atom. The molecule has 0 aliphatic rings. The lowest BCUT2D eigenvalue weighted by atomic mass is 10.1. The topological polar surface area (TPSA) is 34.1 Å². The van der Waals surface area contributed by atoms with Crippen LogP contribution in [0.5, 0.6) is 0 Å². The SMILES string of the molecule is CC(C)CCS(=O)CC(=O)c1ccc(Cl)cc1Cl. The van der Waals surface area contributed by atoms with Gasteiger partial charge in [-0.25, -0.2) is 0 Å². The summed E-state index contributed by atoms with van der Waals surface area (Å²) < 4.78 is 11.7. The zero-order valence-corrected chi connectivity index (χ0v) is 12.7. The highest BCUT2D eigenvalue weighted by atomic mass is 35.5. The number of hydrogen-bond donors (Lipinski definition) is 0. The van der Waals surface area contributed by atoms with E-state index >= 15 is 0 Å². The predicted octanol–water partition coefficient (Wildman–Crippen LogP) is 3.97. The van der Waals surface area contributed by atoms with Gasteiger partial charge in [0.05, 0.1) is 10.8 Å². The third kappa shape index (κ3) is 5.09. The van der Waals surface area contributed by atoms with E-state index < -0.39 is 10.8 Å². The normalized spacial score (nSPS) is 12.7. The van der Waals surface area contributed by atoms with Crippen LogP contribution in [0.25, 0.3) is 0 Å². The minimum Gasteiger partial charge on any atom is -0.293 e. The fourth-order valence-corrected chi connectivity index (χ4v) is 3.22. The molecule has 0 aliphatic heterocycles. The van der Waals surface area contributed by atoms with Crippen molar-refractivity contribution in [1.29, 1.82) is 0 Å². The maximum Gasteiger partial charge on any atom is 0.176 e. The molecule has 0 heterocycles. The Morgan fingerprint density at radius 1 is 1.33 bits per heavy atom. The largest absolute Gasteiger partial charge is 0.293 e. The molecule has 1 unspecified atom stereocenters. The Morgan fingerprint density at radius 3 is 2.56 bits per heavy atom. The summed E-state index contributed by atoms with van der Waals surface area (Å²) >= 11 is 11.7. The molecular weight excluding hydrogens is 291 g/mol. The van der Waals surface area contributed by atoms with Crippen molar-refractivity contribution in [2.75, 3.05) is 11.5 Å². The van der Waals surface area contributed by atoms with Crippen LogP contribution >= 0.6 is 23.2 Å². The summed E-state index contributed by atoms with van der Waals surface area (Å²) in [6, 6.07) is 4.71. The lowest BCUT2D eigenvalue weighted by Gasteiger charge is -2.06. The van der Waals surface area contributed by atoms with Gasteiger partial charge in [0.1, 0.15) is 0 Å². The number of carbonyl (C=O) groups is 1. The third-order valence-electron chi connectivity index (χ3n) is 2.45. The van der Waals surface area contributed by atoms with Gasteiger partial charge in [0.15, 0.2) is 5.78 Å². The van der Waals surface area contributed by atoms with Crippen molar-refractivity contribution >= 4 is 39.8 Å². The molecule has 0 aromatic heterocycles. The molecule has 18 heavy (non-hydrogen) atoms. The van der Waals surface area contributed by atoms with E-state index in [0.717, 1.165) is 6.42 Å². The van der Waals surface area contributed by atoms with Crippen molar-refractivity contribution in [1.82, 2.24) is 0 Å². The van der Waals surface area contributed by atoms with E-state index in [1.807, 2.05) is 0 Å². The Labute approximate surface area is 120 Å². The van der Waals surface area contributed by atoms with Gasteiger partial charge in [0, 0.05) is 27.1 Å². The second-order valence-electron chi connectivity index (χ2n) is 4.52. The van der Waals surface area contributed by atoms with Crippen molar-refractivity contribution in [2.24, 2.45) is 5.92 Å². The molecule has 0 bridgehead atoms. The number of benzene rings is 1. The van der Waals surface area contributed by atoms with Gasteiger partial charge < -0.3 is 0 Å². The summed E-state index contributed by atoms with van der Waals surface area (Å²) in [6.45, 7) is 4.13. The predicted molar refractivity (Wildman–Crippen MR) is 78.1 cm³/mol. The molecule has 0 amide bonds. The highest BCUT2D eigenvalue weighted by molar-refractivity contribution is 7.85. The molecule has 0 saturated heterocycles. The van der Waals surface area contributed by atoms with Crippen molar-refractivity contribution in [3.63, 3.8) is 0 Å². The van der Waals surface area contributed by atoms with Crippen molar-refractivity contribution in [2.45, 2.75) is 20.3 Å². The van der Waals surface area contributed by atoms with E-state index in [1.54, 1.807) is 12.1 Å². The Hall–Kier alpha value is -0.380. The quantitative estimate of drug-likeness (QED) is 0.745. The van der Waals surface area contributed by atoms with Gasteiger partial charge in [-0.3, -0.25) is 9.00 Å². The van der Waals surface area contributed by atoms with E-state index in [0.29, 0.717) is 27.3 Å². The number of carbonyl (C=O) groups excluding carboxylic acids is 1. The highest BCUT2D eigenvalue weighted by Gasteiger charge is 2.14. The molecular formula is C13H16Cl2O2S. The van der Waals surface area contributed by atoms with E-state index in [1.165, 1.54) is 6.07 Å². The standard InChI is InChI=1S/C13H16Cl2O2S/c1-9(2)5-6-18(17)8-13(16)11-4-3-10(14)7-12(11)15/h3-4,7,9H,5-6,8H2,1-2H3. The Kier molecular flexibility index (Phi) is 6.33. The van der Waals surface area contributed by atoms with E-state index in [4.69, 9.17) is 23.2 Å². The molecule has 2 nitrogen and oxygen atoms in total. The van der Waals surface area contributed by atoms with E-state index in [9.17, 15) is 9.00 Å².